The van der Waals surface area contributed by atoms with Gasteiger partial charge in [0.1, 0.15) is 11.6 Å². The Balaban J connectivity index is 1.49. The first-order chi connectivity index (χ1) is 19.2. The molecule has 1 aliphatic rings. The number of rotatable bonds is 12. The Labute approximate surface area is 243 Å². The fourth-order valence-corrected chi connectivity index (χ4v) is 7.04. The number of carbonyl (C=O) groups excluding carboxylic acids is 2. The van der Waals surface area contributed by atoms with E-state index in [-0.39, 0.29) is 22.3 Å². The number of halogens is 1. The maximum Gasteiger partial charge on any atom is 0.243 e. The van der Waals surface area contributed by atoms with Gasteiger partial charge in [-0.05, 0) is 49.6 Å². The van der Waals surface area contributed by atoms with Crippen LogP contribution in [0.3, 0.4) is 0 Å². The molecule has 0 radical (unpaired) electrons. The number of piperidine rings is 1. The first kappa shape index (κ1) is 30.0. The van der Waals surface area contributed by atoms with Crippen LogP contribution in [0.15, 0.2) is 52.5 Å². The lowest BCUT2D eigenvalue weighted by molar-refractivity contribution is -0.118. The number of aromatic nitrogens is 3. The summed E-state index contributed by atoms with van der Waals surface area (Å²) in [5, 5.41) is 12.4. The van der Waals surface area contributed by atoms with Gasteiger partial charge in [-0.15, -0.1) is 10.2 Å². The highest BCUT2D eigenvalue weighted by molar-refractivity contribution is 7.99. The van der Waals surface area contributed by atoms with E-state index >= 15 is 0 Å². The van der Waals surface area contributed by atoms with Crippen molar-refractivity contribution in [1.82, 2.24) is 24.4 Å². The van der Waals surface area contributed by atoms with E-state index in [0.717, 1.165) is 19.3 Å². The number of hydrogen-bond acceptors (Lipinski definition) is 8. The summed E-state index contributed by atoms with van der Waals surface area (Å²) in [7, 11) is -2.03. The average molecular weight is 606 g/mol. The molecule has 3 aromatic rings. The number of Topliss-reactive ketones (excluding diaryl/α,β-unsaturated/α-hetero) is 1. The number of ether oxygens (including phenoxy) is 1. The second-order valence-corrected chi connectivity index (χ2v) is 12.6. The SMILES string of the molecule is COc1ccc(-n2c(CCCNC(C)=O)nnc2SCC(=O)c2ccc(S(=O)(=O)N3CCCCC3)cc2)cc1Cl. The quantitative estimate of drug-likeness (QED) is 0.186. The summed E-state index contributed by atoms with van der Waals surface area (Å²) in [6, 6.07) is 11.4. The molecule has 40 heavy (non-hydrogen) atoms. The van der Waals surface area contributed by atoms with Gasteiger partial charge in [-0.25, -0.2) is 8.42 Å². The van der Waals surface area contributed by atoms with Gasteiger partial charge in [0.15, 0.2) is 10.9 Å². The maximum atomic E-state index is 13.0. The number of nitrogens with zero attached hydrogens (tertiary/aromatic N) is 4. The van der Waals surface area contributed by atoms with Gasteiger partial charge in [-0.2, -0.15) is 4.31 Å². The van der Waals surface area contributed by atoms with Crippen LogP contribution in [0.1, 0.15) is 48.8 Å². The number of methoxy groups -OCH3 is 1. The number of aryl methyl sites for hydroxylation is 1. The highest BCUT2D eigenvalue weighted by atomic mass is 35.5. The van der Waals surface area contributed by atoms with Gasteiger partial charge in [0.25, 0.3) is 0 Å². The van der Waals surface area contributed by atoms with E-state index in [4.69, 9.17) is 16.3 Å². The van der Waals surface area contributed by atoms with Gasteiger partial charge in [-0.3, -0.25) is 14.2 Å². The van der Waals surface area contributed by atoms with Crippen molar-refractivity contribution in [3.05, 3.63) is 58.9 Å². The smallest absolute Gasteiger partial charge is 0.243 e. The van der Waals surface area contributed by atoms with Crippen LogP contribution in [-0.4, -0.2) is 71.7 Å². The Morgan fingerprint density at radius 1 is 1.07 bits per heavy atom. The molecule has 13 heteroatoms. The minimum Gasteiger partial charge on any atom is -0.495 e. The molecule has 0 aliphatic carbocycles. The Morgan fingerprint density at radius 3 is 2.45 bits per heavy atom. The lowest BCUT2D eigenvalue weighted by Gasteiger charge is -2.25. The topological polar surface area (TPSA) is 123 Å². The van der Waals surface area contributed by atoms with Crippen molar-refractivity contribution in [1.29, 1.82) is 0 Å². The fourth-order valence-electron chi connectivity index (χ4n) is 4.40. The zero-order valence-electron chi connectivity index (χ0n) is 22.4. The van der Waals surface area contributed by atoms with Gasteiger partial charge in [-0.1, -0.05) is 41.9 Å². The van der Waals surface area contributed by atoms with Crippen LogP contribution in [-0.2, 0) is 21.2 Å². The molecule has 0 unspecified atom stereocenters. The number of ketones is 1. The first-order valence-corrected chi connectivity index (χ1v) is 15.8. The van der Waals surface area contributed by atoms with Crippen molar-refractivity contribution in [3.8, 4) is 11.4 Å². The molecule has 1 N–H and O–H groups in total. The Hall–Kier alpha value is -2.93. The van der Waals surface area contributed by atoms with E-state index in [0.29, 0.717) is 65.5 Å². The Morgan fingerprint density at radius 2 is 1.80 bits per heavy atom. The van der Waals surface area contributed by atoms with E-state index in [9.17, 15) is 18.0 Å². The third-order valence-electron chi connectivity index (χ3n) is 6.51. The number of hydrogen-bond donors (Lipinski definition) is 1. The lowest BCUT2D eigenvalue weighted by atomic mass is 10.1. The van der Waals surface area contributed by atoms with Gasteiger partial charge in [0.2, 0.25) is 15.9 Å². The minimum absolute atomic E-state index is 0.0755. The van der Waals surface area contributed by atoms with Crippen LogP contribution in [0.25, 0.3) is 5.69 Å². The summed E-state index contributed by atoms with van der Waals surface area (Å²) in [6.07, 6.45) is 3.94. The summed E-state index contributed by atoms with van der Waals surface area (Å²) in [6.45, 7) is 3.01. The molecular formula is C27H32ClN5O5S2. The summed E-state index contributed by atoms with van der Waals surface area (Å²) in [5.74, 6) is 0.998. The van der Waals surface area contributed by atoms with Gasteiger partial charge in [0.05, 0.1) is 28.5 Å². The van der Waals surface area contributed by atoms with Crippen LogP contribution in [0.4, 0.5) is 0 Å². The predicted molar refractivity (Wildman–Crippen MR) is 154 cm³/mol. The molecule has 1 fully saturated rings. The highest BCUT2D eigenvalue weighted by Gasteiger charge is 2.26. The molecule has 1 amide bonds. The van der Waals surface area contributed by atoms with Crippen molar-refractivity contribution in [2.75, 3.05) is 32.5 Å². The highest BCUT2D eigenvalue weighted by Crippen LogP contribution is 2.30. The third kappa shape index (κ3) is 7.22. The van der Waals surface area contributed by atoms with Crippen LogP contribution < -0.4 is 10.1 Å². The summed E-state index contributed by atoms with van der Waals surface area (Å²) < 4.78 is 34.5. The Bertz CT molecular complexity index is 1450. The fraction of sp³-hybridized carbons (Fsp3) is 0.407. The second kappa shape index (κ2) is 13.6. The molecule has 10 nitrogen and oxygen atoms in total. The van der Waals surface area contributed by atoms with Crippen LogP contribution in [0.2, 0.25) is 5.02 Å². The molecule has 0 atom stereocenters. The summed E-state index contributed by atoms with van der Waals surface area (Å²) in [4.78, 5) is 24.4. The van der Waals surface area contributed by atoms with E-state index in [2.05, 4.69) is 15.5 Å². The number of nitrogens with one attached hydrogen (secondary N) is 1. The van der Waals surface area contributed by atoms with E-state index in [1.165, 1.54) is 42.2 Å². The molecule has 1 aliphatic heterocycles. The van der Waals surface area contributed by atoms with Crippen molar-refractivity contribution in [2.45, 2.75) is 49.1 Å². The van der Waals surface area contributed by atoms with Crippen molar-refractivity contribution >= 4 is 45.1 Å². The van der Waals surface area contributed by atoms with Crippen molar-refractivity contribution in [3.63, 3.8) is 0 Å². The van der Waals surface area contributed by atoms with Crippen molar-refractivity contribution in [2.24, 2.45) is 0 Å². The number of amides is 1. The normalized spacial score (nSPS) is 14.2. The Kier molecular flexibility index (Phi) is 10.2. The summed E-state index contributed by atoms with van der Waals surface area (Å²) >= 11 is 7.61. The average Bonchev–Trinajstić information content (AvgIpc) is 3.37. The zero-order valence-corrected chi connectivity index (χ0v) is 24.8. The van der Waals surface area contributed by atoms with Crippen LogP contribution >= 0.6 is 23.4 Å². The lowest BCUT2D eigenvalue weighted by Crippen LogP contribution is -2.35. The first-order valence-electron chi connectivity index (χ1n) is 13.0. The molecule has 2 heterocycles. The predicted octanol–water partition coefficient (Wildman–Crippen LogP) is 4.15. The molecule has 4 rings (SSSR count). The van der Waals surface area contributed by atoms with Crippen LogP contribution in [0.5, 0.6) is 5.75 Å². The third-order valence-corrected chi connectivity index (χ3v) is 9.64. The molecule has 2 aromatic carbocycles. The maximum absolute atomic E-state index is 13.0. The largest absolute Gasteiger partial charge is 0.495 e. The zero-order chi connectivity index (χ0) is 28.7. The molecule has 1 saturated heterocycles. The van der Waals surface area contributed by atoms with Crippen molar-refractivity contribution < 1.29 is 22.7 Å². The van der Waals surface area contributed by atoms with E-state index in [1.54, 1.807) is 24.3 Å². The standard InChI is InChI=1S/C27H32ClN5O5S2/c1-19(34)29-14-6-7-26-30-31-27(33(26)21-10-13-25(38-2)23(28)17-21)39-18-24(35)20-8-11-22(12-9-20)40(36,37)32-15-4-3-5-16-32/h8-13,17H,3-7,14-16,18H2,1-2H3,(H,29,34). The van der Waals surface area contributed by atoms with Gasteiger partial charge >= 0.3 is 0 Å². The van der Waals surface area contributed by atoms with E-state index < -0.39 is 10.0 Å². The summed E-state index contributed by atoms with van der Waals surface area (Å²) in [5.41, 5.74) is 1.13. The minimum atomic E-state index is -3.56. The van der Waals surface area contributed by atoms with E-state index in [1.807, 2.05) is 10.6 Å². The molecule has 214 valence electrons. The second-order valence-electron chi connectivity index (χ2n) is 9.34. The number of benzene rings is 2. The molecule has 0 spiro atoms. The van der Waals surface area contributed by atoms with Gasteiger partial charge in [0, 0.05) is 38.5 Å². The van der Waals surface area contributed by atoms with Crippen LogP contribution in [0, 0.1) is 0 Å². The number of thioether (sulfide) groups is 1. The number of sulfonamides is 1. The van der Waals surface area contributed by atoms with Gasteiger partial charge < -0.3 is 10.1 Å². The molecule has 1 aromatic heterocycles. The molecular weight excluding hydrogens is 574 g/mol. The molecule has 0 bridgehead atoms. The monoisotopic (exact) mass is 605 g/mol. The molecule has 0 saturated carbocycles. The number of carbonyl (C=O) groups is 2.